The molecule has 19 heavy (non-hydrogen) atoms. The molecule has 0 fully saturated rings. The molecule has 4 nitrogen and oxygen atoms in total. The molecule has 0 atom stereocenters. The van der Waals surface area contributed by atoms with E-state index in [1.165, 1.54) is 0 Å². The highest BCUT2D eigenvalue weighted by molar-refractivity contribution is 5.91. The molecule has 0 radical (unpaired) electrons. The van der Waals surface area contributed by atoms with Crippen molar-refractivity contribution in [2.24, 2.45) is 5.73 Å². The summed E-state index contributed by atoms with van der Waals surface area (Å²) < 4.78 is 0. The molecule has 1 amide bonds. The SMILES string of the molecule is NCCC(=O)Nc1ccc(Nc2ccccc2)cc1. The Morgan fingerprint density at radius 3 is 2.11 bits per heavy atom. The standard InChI is InChI=1S/C15H17N3O/c16-11-10-15(19)18-14-8-6-13(7-9-14)17-12-4-2-1-3-5-12/h1-9,17H,10-11,16H2,(H,18,19). The minimum atomic E-state index is -0.0636. The van der Waals surface area contributed by atoms with Crippen LogP contribution in [0.2, 0.25) is 0 Å². The molecule has 0 spiro atoms. The lowest BCUT2D eigenvalue weighted by atomic mass is 10.2. The molecule has 2 rings (SSSR count). The monoisotopic (exact) mass is 255 g/mol. The number of carbonyl (C=O) groups is 1. The third-order valence-corrected chi connectivity index (χ3v) is 2.60. The van der Waals surface area contributed by atoms with Crippen LogP contribution < -0.4 is 16.4 Å². The Morgan fingerprint density at radius 1 is 0.895 bits per heavy atom. The Kier molecular flexibility index (Phi) is 4.53. The van der Waals surface area contributed by atoms with Crippen LogP contribution in [-0.4, -0.2) is 12.5 Å². The van der Waals surface area contributed by atoms with E-state index in [4.69, 9.17) is 5.73 Å². The number of hydrogen-bond acceptors (Lipinski definition) is 3. The number of amides is 1. The summed E-state index contributed by atoms with van der Waals surface area (Å²) in [6, 6.07) is 17.5. The fourth-order valence-corrected chi connectivity index (χ4v) is 1.68. The van der Waals surface area contributed by atoms with Crippen LogP contribution in [-0.2, 0) is 4.79 Å². The van der Waals surface area contributed by atoms with E-state index < -0.39 is 0 Å². The van der Waals surface area contributed by atoms with Crippen LogP contribution in [0.15, 0.2) is 54.6 Å². The number of anilines is 3. The van der Waals surface area contributed by atoms with Gasteiger partial charge < -0.3 is 16.4 Å². The summed E-state index contributed by atoms with van der Waals surface area (Å²) in [5.41, 5.74) is 8.10. The molecule has 4 N–H and O–H groups in total. The predicted molar refractivity (Wildman–Crippen MR) is 78.5 cm³/mol. The summed E-state index contributed by atoms with van der Waals surface area (Å²) in [4.78, 5) is 11.4. The van der Waals surface area contributed by atoms with E-state index in [2.05, 4.69) is 10.6 Å². The molecular formula is C15H17N3O. The van der Waals surface area contributed by atoms with Gasteiger partial charge in [0, 0.05) is 30.0 Å². The number of carbonyl (C=O) groups excluding carboxylic acids is 1. The first-order chi connectivity index (χ1) is 9.28. The topological polar surface area (TPSA) is 67.2 Å². The Morgan fingerprint density at radius 2 is 1.47 bits per heavy atom. The summed E-state index contributed by atoms with van der Waals surface area (Å²) in [6.07, 6.45) is 0.337. The van der Waals surface area contributed by atoms with E-state index in [0.29, 0.717) is 13.0 Å². The molecule has 2 aromatic carbocycles. The highest BCUT2D eigenvalue weighted by Crippen LogP contribution is 2.18. The third kappa shape index (κ3) is 4.12. The molecule has 0 saturated heterocycles. The molecule has 0 bridgehead atoms. The first kappa shape index (κ1) is 13.1. The Labute approximate surface area is 112 Å². The van der Waals surface area contributed by atoms with Crippen molar-refractivity contribution in [2.75, 3.05) is 17.2 Å². The summed E-state index contributed by atoms with van der Waals surface area (Å²) in [5, 5.41) is 6.06. The summed E-state index contributed by atoms with van der Waals surface area (Å²) >= 11 is 0. The van der Waals surface area contributed by atoms with Gasteiger partial charge in [0.2, 0.25) is 5.91 Å². The molecule has 0 aliphatic carbocycles. The molecule has 4 heteroatoms. The van der Waals surface area contributed by atoms with Gasteiger partial charge in [0.15, 0.2) is 0 Å². The van der Waals surface area contributed by atoms with E-state index in [1.807, 2.05) is 54.6 Å². The molecule has 0 saturated carbocycles. The van der Waals surface area contributed by atoms with Gasteiger partial charge in [-0.1, -0.05) is 18.2 Å². The molecule has 0 aliphatic rings. The van der Waals surface area contributed by atoms with Crippen molar-refractivity contribution in [1.82, 2.24) is 0 Å². The lowest BCUT2D eigenvalue weighted by Crippen LogP contribution is -2.16. The van der Waals surface area contributed by atoms with Crippen LogP contribution in [0, 0.1) is 0 Å². The van der Waals surface area contributed by atoms with Crippen molar-refractivity contribution >= 4 is 23.0 Å². The second kappa shape index (κ2) is 6.56. The average molecular weight is 255 g/mol. The van der Waals surface area contributed by atoms with Gasteiger partial charge in [0.1, 0.15) is 0 Å². The molecule has 98 valence electrons. The quantitative estimate of drug-likeness (QED) is 0.769. The van der Waals surface area contributed by atoms with Gasteiger partial charge >= 0.3 is 0 Å². The number of nitrogens with one attached hydrogen (secondary N) is 2. The third-order valence-electron chi connectivity index (χ3n) is 2.60. The maximum absolute atomic E-state index is 11.4. The maximum atomic E-state index is 11.4. The van der Waals surface area contributed by atoms with E-state index in [9.17, 15) is 4.79 Å². The van der Waals surface area contributed by atoms with Gasteiger partial charge in [0.25, 0.3) is 0 Å². The maximum Gasteiger partial charge on any atom is 0.225 e. The Hall–Kier alpha value is -2.33. The lowest BCUT2D eigenvalue weighted by molar-refractivity contribution is -0.116. The number of nitrogens with two attached hydrogens (primary N) is 1. The largest absolute Gasteiger partial charge is 0.356 e. The zero-order valence-electron chi connectivity index (χ0n) is 10.6. The second-order valence-electron chi connectivity index (χ2n) is 4.16. The molecule has 0 aliphatic heterocycles. The van der Waals surface area contributed by atoms with E-state index in [-0.39, 0.29) is 5.91 Å². The second-order valence-corrected chi connectivity index (χ2v) is 4.16. The minimum absolute atomic E-state index is 0.0636. The fourth-order valence-electron chi connectivity index (χ4n) is 1.68. The van der Waals surface area contributed by atoms with Crippen LogP contribution in [0.3, 0.4) is 0 Å². The first-order valence-corrected chi connectivity index (χ1v) is 6.20. The molecule has 0 unspecified atom stereocenters. The van der Waals surface area contributed by atoms with E-state index >= 15 is 0 Å². The fraction of sp³-hybridized carbons (Fsp3) is 0.133. The highest BCUT2D eigenvalue weighted by Gasteiger charge is 2.00. The van der Waals surface area contributed by atoms with Gasteiger partial charge in [-0.15, -0.1) is 0 Å². The number of benzene rings is 2. The van der Waals surface area contributed by atoms with Crippen molar-refractivity contribution in [2.45, 2.75) is 6.42 Å². The van der Waals surface area contributed by atoms with Crippen LogP contribution >= 0.6 is 0 Å². The van der Waals surface area contributed by atoms with Gasteiger partial charge in [0.05, 0.1) is 0 Å². The van der Waals surface area contributed by atoms with Gasteiger partial charge in [-0.25, -0.2) is 0 Å². The summed E-state index contributed by atoms with van der Waals surface area (Å²) in [5.74, 6) is -0.0636. The summed E-state index contributed by atoms with van der Waals surface area (Å²) in [6.45, 7) is 0.361. The van der Waals surface area contributed by atoms with Crippen LogP contribution in [0.25, 0.3) is 0 Å². The minimum Gasteiger partial charge on any atom is -0.356 e. The van der Waals surface area contributed by atoms with E-state index in [1.54, 1.807) is 0 Å². The zero-order chi connectivity index (χ0) is 13.5. The van der Waals surface area contributed by atoms with Crippen LogP contribution in [0.1, 0.15) is 6.42 Å². The zero-order valence-corrected chi connectivity index (χ0v) is 10.6. The number of rotatable bonds is 5. The van der Waals surface area contributed by atoms with Gasteiger partial charge in [-0.3, -0.25) is 4.79 Å². The summed E-state index contributed by atoms with van der Waals surface area (Å²) in [7, 11) is 0. The van der Waals surface area contributed by atoms with Crippen molar-refractivity contribution in [3.8, 4) is 0 Å². The molecular weight excluding hydrogens is 238 g/mol. The first-order valence-electron chi connectivity index (χ1n) is 6.20. The highest BCUT2D eigenvalue weighted by atomic mass is 16.1. The Balaban J connectivity index is 1.97. The van der Waals surface area contributed by atoms with Crippen molar-refractivity contribution in [3.05, 3.63) is 54.6 Å². The predicted octanol–water partition coefficient (Wildman–Crippen LogP) is 2.72. The normalized spacial score (nSPS) is 9.95. The number of para-hydroxylation sites is 1. The number of hydrogen-bond donors (Lipinski definition) is 3. The smallest absolute Gasteiger partial charge is 0.225 e. The van der Waals surface area contributed by atoms with Crippen LogP contribution in [0.4, 0.5) is 17.1 Å². The van der Waals surface area contributed by atoms with Crippen molar-refractivity contribution in [3.63, 3.8) is 0 Å². The van der Waals surface area contributed by atoms with Crippen molar-refractivity contribution in [1.29, 1.82) is 0 Å². The molecule has 2 aromatic rings. The Bertz CT molecular complexity index is 523. The average Bonchev–Trinajstić information content (AvgIpc) is 2.42. The van der Waals surface area contributed by atoms with Crippen molar-refractivity contribution < 1.29 is 4.79 Å². The molecule has 0 heterocycles. The van der Waals surface area contributed by atoms with E-state index in [0.717, 1.165) is 17.1 Å². The van der Waals surface area contributed by atoms with Gasteiger partial charge in [-0.2, -0.15) is 0 Å². The van der Waals surface area contributed by atoms with Gasteiger partial charge in [-0.05, 0) is 36.4 Å². The lowest BCUT2D eigenvalue weighted by Gasteiger charge is -2.08. The molecule has 0 aromatic heterocycles. The van der Waals surface area contributed by atoms with Crippen LogP contribution in [0.5, 0.6) is 0 Å².